The second-order valence-electron chi connectivity index (χ2n) is 5.25. The lowest BCUT2D eigenvalue weighted by Crippen LogP contribution is -2.07. The normalized spacial score (nSPS) is 11.9. The molecule has 2 aromatic heterocycles. The Kier molecular flexibility index (Phi) is 3.75. The largest absolute Gasteiger partial charge is 0.507 e. The van der Waals surface area contributed by atoms with Crippen molar-refractivity contribution in [2.24, 2.45) is 0 Å². The molecule has 126 valence electrons. The number of aromatic hydroxyl groups is 2. The third-order valence-corrected chi connectivity index (χ3v) is 4.18. The third-order valence-electron chi connectivity index (χ3n) is 3.40. The van der Waals surface area contributed by atoms with E-state index < -0.39 is 11.9 Å². The molecule has 0 radical (unpaired) electrons. The summed E-state index contributed by atoms with van der Waals surface area (Å²) in [6.45, 7) is 3.31. The number of phenols is 2. The summed E-state index contributed by atoms with van der Waals surface area (Å²) in [6.07, 6.45) is -4.69. The fraction of sp³-hybridized carbons (Fsp3) is 0.200. The number of aromatic amines is 1. The number of nitrogens with one attached hydrogen (secondary N) is 1. The van der Waals surface area contributed by atoms with E-state index in [-0.39, 0.29) is 34.0 Å². The van der Waals surface area contributed by atoms with E-state index in [1.165, 1.54) is 28.8 Å². The van der Waals surface area contributed by atoms with Gasteiger partial charge in [-0.2, -0.15) is 18.3 Å². The van der Waals surface area contributed by atoms with Crippen LogP contribution in [0.3, 0.4) is 0 Å². The molecular formula is C15H12F3N3O2S. The number of halogens is 3. The van der Waals surface area contributed by atoms with E-state index in [0.29, 0.717) is 10.6 Å². The summed E-state index contributed by atoms with van der Waals surface area (Å²) in [4.78, 5) is 4.09. The number of nitrogens with zero attached hydrogens (tertiary/aromatic N) is 2. The van der Waals surface area contributed by atoms with Gasteiger partial charge < -0.3 is 10.2 Å². The first-order valence-corrected chi connectivity index (χ1v) is 7.67. The Labute approximate surface area is 138 Å². The summed E-state index contributed by atoms with van der Waals surface area (Å²) in [5.74, 6) is -0.721. The van der Waals surface area contributed by atoms with E-state index in [0.717, 1.165) is 0 Å². The van der Waals surface area contributed by atoms with Crippen molar-refractivity contribution in [3.8, 4) is 34.0 Å². The van der Waals surface area contributed by atoms with Gasteiger partial charge >= 0.3 is 6.18 Å². The van der Waals surface area contributed by atoms with Gasteiger partial charge in [-0.25, -0.2) is 4.98 Å². The van der Waals surface area contributed by atoms with Gasteiger partial charge in [0.25, 0.3) is 0 Å². The lowest BCUT2D eigenvalue weighted by Gasteiger charge is -2.10. The number of hydrogen-bond donors (Lipinski definition) is 3. The van der Waals surface area contributed by atoms with Crippen molar-refractivity contribution < 1.29 is 23.4 Å². The van der Waals surface area contributed by atoms with Crippen LogP contribution in [-0.4, -0.2) is 25.4 Å². The minimum Gasteiger partial charge on any atom is -0.507 e. The molecular weight excluding hydrogens is 343 g/mol. The Hall–Kier alpha value is -2.55. The van der Waals surface area contributed by atoms with Gasteiger partial charge in [0, 0.05) is 5.38 Å². The molecule has 3 rings (SSSR count). The van der Waals surface area contributed by atoms with Crippen LogP contribution in [0, 0.1) is 13.8 Å². The lowest BCUT2D eigenvalue weighted by atomic mass is 10.0. The summed E-state index contributed by atoms with van der Waals surface area (Å²) < 4.78 is 39.9. The molecule has 1 aromatic carbocycles. The summed E-state index contributed by atoms with van der Waals surface area (Å²) in [5, 5.41) is 27.9. The molecule has 0 fully saturated rings. The highest BCUT2D eigenvalue weighted by molar-refractivity contribution is 7.09. The molecule has 0 spiro atoms. The summed E-state index contributed by atoms with van der Waals surface area (Å²) in [6, 6.07) is 2.68. The Balaban J connectivity index is 2.33. The minimum atomic E-state index is -4.69. The molecule has 0 amide bonds. The van der Waals surface area contributed by atoms with Crippen LogP contribution in [0.25, 0.3) is 22.5 Å². The summed E-state index contributed by atoms with van der Waals surface area (Å²) in [5.41, 5.74) is -1.13. The molecule has 0 atom stereocenters. The number of H-pyrrole nitrogens is 1. The maximum absolute atomic E-state index is 13.3. The van der Waals surface area contributed by atoms with E-state index in [1.54, 1.807) is 13.8 Å². The topological polar surface area (TPSA) is 82.0 Å². The van der Waals surface area contributed by atoms with Gasteiger partial charge in [0.05, 0.1) is 21.8 Å². The molecule has 2 heterocycles. The highest BCUT2D eigenvalue weighted by atomic mass is 32.1. The standard InChI is InChI=1S/C15H12F3N3O2S/c1-6-3-9(22)12(10(23)4-6)13-11(8-5-24-7(2)19-8)14(21-20-13)15(16,17)18/h3-5,22-23H,1-2H3,(H,20,21). The minimum absolute atomic E-state index is 0.0768. The summed E-state index contributed by atoms with van der Waals surface area (Å²) >= 11 is 1.19. The average molecular weight is 355 g/mol. The average Bonchev–Trinajstić information content (AvgIpc) is 3.03. The third kappa shape index (κ3) is 2.71. The van der Waals surface area contributed by atoms with Crippen molar-refractivity contribution in [3.05, 3.63) is 33.8 Å². The number of alkyl halides is 3. The van der Waals surface area contributed by atoms with Gasteiger partial charge in [-0.05, 0) is 31.5 Å². The van der Waals surface area contributed by atoms with Crippen LogP contribution < -0.4 is 0 Å². The van der Waals surface area contributed by atoms with Crippen LogP contribution in [0.2, 0.25) is 0 Å². The van der Waals surface area contributed by atoms with Crippen molar-refractivity contribution in [3.63, 3.8) is 0 Å². The quantitative estimate of drug-likeness (QED) is 0.642. The zero-order valence-corrected chi connectivity index (χ0v) is 13.4. The molecule has 0 saturated carbocycles. The van der Waals surface area contributed by atoms with Crippen molar-refractivity contribution in [2.45, 2.75) is 20.0 Å². The van der Waals surface area contributed by atoms with Gasteiger partial charge in [0.2, 0.25) is 0 Å². The van der Waals surface area contributed by atoms with Gasteiger partial charge in [-0.3, -0.25) is 5.10 Å². The maximum atomic E-state index is 13.3. The Morgan fingerprint density at radius 1 is 1.08 bits per heavy atom. The monoisotopic (exact) mass is 355 g/mol. The Morgan fingerprint density at radius 2 is 1.71 bits per heavy atom. The molecule has 24 heavy (non-hydrogen) atoms. The van der Waals surface area contributed by atoms with E-state index in [2.05, 4.69) is 10.1 Å². The molecule has 3 N–H and O–H groups in total. The van der Waals surface area contributed by atoms with Crippen LogP contribution >= 0.6 is 11.3 Å². The molecule has 0 aliphatic carbocycles. The first kappa shape index (κ1) is 16.3. The fourth-order valence-corrected chi connectivity index (χ4v) is 3.05. The van der Waals surface area contributed by atoms with Crippen molar-refractivity contribution in [1.29, 1.82) is 0 Å². The number of aryl methyl sites for hydroxylation is 2. The zero-order chi connectivity index (χ0) is 17.6. The highest BCUT2D eigenvalue weighted by Gasteiger charge is 2.39. The maximum Gasteiger partial charge on any atom is 0.433 e. The van der Waals surface area contributed by atoms with Crippen LogP contribution in [0.1, 0.15) is 16.3 Å². The molecule has 0 unspecified atom stereocenters. The fourth-order valence-electron chi connectivity index (χ4n) is 2.45. The van der Waals surface area contributed by atoms with Crippen LogP contribution in [0.15, 0.2) is 17.5 Å². The van der Waals surface area contributed by atoms with Crippen LogP contribution in [-0.2, 0) is 6.18 Å². The second-order valence-corrected chi connectivity index (χ2v) is 6.31. The number of phenolic OH excluding ortho intramolecular Hbond substituents is 2. The van der Waals surface area contributed by atoms with Crippen molar-refractivity contribution in [1.82, 2.24) is 15.2 Å². The molecule has 0 bridgehead atoms. The predicted molar refractivity (Wildman–Crippen MR) is 82.9 cm³/mol. The second kappa shape index (κ2) is 5.52. The van der Waals surface area contributed by atoms with Crippen molar-refractivity contribution in [2.75, 3.05) is 0 Å². The number of rotatable bonds is 2. The smallest absolute Gasteiger partial charge is 0.433 e. The van der Waals surface area contributed by atoms with Gasteiger partial charge in [0.1, 0.15) is 22.9 Å². The molecule has 3 aromatic rings. The van der Waals surface area contributed by atoms with Gasteiger partial charge in [0.15, 0.2) is 0 Å². The van der Waals surface area contributed by atoms with E-state index >= 15 is 0 Å². The van der Waals surface area contributed by atoms with Crippen molar-refractivity contribution >= 4 is 11.3 Å². The molecule has 5 nitrogen and oxygen atoms in total. The number of hydrogen-bond acceptors (Lipinski definition) is 5. The molecule has 0 aliphatic heterocycles. The zero-order valence-electron chi connectivity index (χ0n) is 12.6. The number of thiazole rings is 1. The van der Waals surface area contributed by atoms with E-state index in [9.17, 15) is 23.4 Å². The summed E-state index contributed by atoms with van der Waals surface area (Å²) in [7, 11) is 0. The molecule has 0 aliphatic rings. The van der Waals surface area contributed by atoms with Crippen LogP contribution in [0.5, 0.6) is 11.5 Å². The number of aromatic nitrogens is 3. The number of benzene rings is 1. The van der Waals surface area contributed by atoms with E-state index in [4.69, 9.17) is 0 Å². The van der Waals surface area contributed by atoms with Gasteiger partial charge in [-0.15, -0.1) is 11.3 Å². The molecule has 9 heteroatoms. The first-order chi connectivity index (χ1) is 11.2. The highest BCUT2D eigenvalue weighted by Crippen LogP contribution is 2.46. The SMILES string of the molecule is Cc1cc(O)c(-c2n[nH]c(C(F)(F)F)c2-c2csc(C)n2)c(O)c1. The molecule has 0 saturated heterocycles. The van der Waals surface area contributed by atoms with E-state index in [1.807, 2.05) is 5.10 Å². The first-order valence-electron chi connectivity index (χ1n) is 6.79. The lowest BCUT2D eigenvalue weighted by molar-refractivity contribution is -0.140. The predicted octanol–water partition coefficient (Wildman–Crippen LogP) is 4.25. The van der Waals surface area contributed by atoms with Crippen LogP contribution in [0.4, 0.5) is 13.2 Å². The van der Waals surface area contributed by atoms with Gasteiger partial charge in [-0.1, -0.05) is 0 Å². The Bertz CT molecular complexity index is 892. The Morgan fingerprint density at radius 3 is 2.21 bits per heavy atom.